The lowest BCUT2D eigenvalue weighted by Crippen LogP contribution is -2.62. The molecule has 7 aromatic rings. The number of carbonyl (C=O) groups is 5. The van der Waals surface area contributed by atoms with Gasteiger partial charge >= 0.3 is 30.0 Å². The van der Waals surface area contributed by atoms with Crippen molar-refractivity contribution >= 4 is 30.0 Å². The molecule has 7 aromatic carbocycles. The Morgan fingerprint density at radius 1 is 0.533 bits per heavy atom. The normalized spacial score (nSPS) is 18.1. The summed E-state index contributed by atoms with van der Waals surface area (Å²) in [5.41, 5.74) is 4.17. The molecule has 0 aromatic heterocycles. The monoisotopic (exact) mass is 1030 g/mol. The molecule has 1 heterocycles. The third-order valence-electron chi connectivity index (χ3n) is 12.4. The van der Waals surface area contributed by atoms with Gasteiger partial charge < -0.3 is 38.5 Å². The molecule has 18 heteroatoms. The molecule has 0 unspecified atom stereocenters. The summed E-state index contributed by atoms with van der Waals surface area (Å²) < 4.78 is 113. The standard InChI is InChI=1S/C57H42F5NO12/c1-31-48(72-52(64)33-15-5-2-6-16-33)50(74-53(65)34-17-7-3-8-18-34)51(75-54(66)35-19-9-4-10-20-35)56(70-31)71-36-27-25-32(26-28-36)29-42(55(67)73-49-46(61)44(59)43(58)45(60)47(49)62)63-57(68)69-30-41-39-23-13-11-21-37(39)38-22-12-14-24-40(38)41/h2-28,31,41-42,48,50-51,56H,29-30H2,1H3,(H,63,68)/t31-,42-,48-,50+,51+,56-/m0/s1. The van der Waals surface area contributed by atoms with Gasteiger partial charge in [-0.15, -0.1) is 0 Å². The highest BCUT2D eigenvalue weighted by atomic mass is 19.2. The van der Waals surface area contributed by atoms with Crippen molar-refractivity contribution in [2.45, 2.75) is 56.0 Å². The van der Waals surface area contributed by atoms with E-state index in [2.05, 4.69) is 5.32 Å². The second kappa shape index (κ2) is 22.5. The van der Waals surface area contributed by atoms with E-state index in [1.807, 2.05) is 48.5 Å². The third-order valence-corrected chi connectivity index (χ3v) is 12.4. The topological polar surface area (TPSA) is 162 Å². The highest BCUT2D eigenvalue weighted by Crippen LogP contribution is 2.44. The molecule has 1 aliphatic carbocycles. The summed E-state index contributed by atoms with van der Waals surface area (Å²) in [5, 5.41) is 2.30. The number of rotatable bonds is 15. The Labute approximate surface area is 424 Å². The van der Waals surface area contributed by atoms with E-state index >= 15 is 0 Å². The van der Waals surface area contributed by atoms with Crippen LogP contribution in [0.15, 0.2) is 164 Å². The van der Waals surface area contributed by atoms with Crippen LogP contribution in [0.2, 0.25) is 0 Å². The maximum absolute atomic E-state index is 14.8. The first-order valence-corrected chi connectivity index (χ1v) is 23.3. The molecule has 0 spiro atoms. The van der Waals surface area contributed by atoms with Crippen molar-refractivity contribution in [2.24, 2.45) is 0 Å². The fourth-order valence-electron chi connectivity index (χ4n) is 8.68. The highest BCUT2D eigenvalue weighted by molar-refractivity contribution is 5.91. The summed E-state index contributed by atoms with van der Waals surface area (Å²) in [6, 6.07) is 42.3. The molecule has 0 radical (unpaired) electrons. The lowest BCUT2D eigenvalue weighted by molar-refractivity contribution is -0.266. The van der Waals surface area contributed by atoms with Crippen molar-refractivity contribution in [3.63, 3.8) is 0 Å². The Balaban J connectivity index is 0.979. The van der Waals surface area contributed by atoms with Crippen molar-refractivity contribution in [2.75, 3.05) is 6.61 Å². The smallest absolute Gasteiger partial charge is 0.407 e. The predicted molar refractivity (Wildman–Crippen MR) is 256 cm³/mol. The molecule has 1 amide bonds. The maximum atomic E-state index is 14.8. The second-order valence-electron chi connectivity index (χ2n) is 17.2. The number of nitrogens with one attached hydrogen (secondary N) is 1. The molecule has 13 nitrogen and oxygen atoms in total. The predicted octanol–water partition coefficient (Wildman–Crippen LogP) is 10.2. The number of carbonyl (C=O) groups excluding carboxylic acids is 5. The molecule has 1 saturated heterocycles. The first kappa shape index (κ1) is 51.0. The molecular weight excluding hydrogens is 986 g/mol. The molecule has 2 aliphatic rings. The Morgan fingerprint density at radius 3 is 1.48 bits per heavy atom. The van der Waals surface area contributed by atoms with Crippen molar-refractivity contribution in [3.05, 3.63) is 226 Å². The van der Waals surface area contributed by atoms with Gasteiger partial charge in [0, 0.05) is 12.3 Å². The van der Waals surface area contributed by atoms with E-state index < -0.39 is 114 Å². The summed E-state index contributed by atoms with van der Waals surface area (Å²) in [6.45, 7) is 1.30. The van der Waals surface area contributed by atoms with Gasteiger partial charge in [-0.3, -0.25) is 0 Å². The number of ether oxygens (including phenoxy) is 7. The Kier molecular flexibility index (Phi) is 15.3. The zero-order valence-electron chi connectivity index (χ0n) is 39.3. The van der Waals surface area contributed by atoms with Gasteiger partial charge in [0.25, 0.3) is 0 Å². The quantitative estimate of drug-likeness (QED) is 0.0259. The Hall–Kier alpha value is -8.90. The molecule has 1 fully saturated rings. The zero-order chi connectivity index (χ0) is 52.8. The van der Waals surface area contributed by atoms with Crippen molar-refractivity contribution < 1.29 is 79.1 Å². The number of benzene rings is 7. The summed E-state index contributed by atoms with van der Waals surface area (Å²) in [6.07, 6.45) is -8.93. The first-order chi connectivity index (χ1) is 36.2. The van der Waals surface area contributed by atoms with Gasteiger partial charge in [-0.2, -0.15) is 8.78 Å². The van der Waals surface area contributed by atoms with Crippen molar-refractivity contribution in [1.82, 2.24) is 5.32 Å². The SMILES string of the molecule is C[C@@H]1O[C@@H](Oc2ccc(C[C@H](NC(=O)OCC3c4ccccc4-c4ccccc43)C(=O)Oc3c(F)c(F)c(F)c(F)c3F)cc2)[C@H](OC(=O)c2ccccc2)[C@H](OC(=O)c2ccccc2)[C@H]1OC(=O)c1ccccc1. The van der Waals surface area contributed by atoms with E-state index in [4.69, 9.17) is 33.2 Å². The minimum absolute atomic E-state index is 0.0228. The summed E-state index contributed by atoms with van der Waals surface area (Å²) in [4.78, 5) is 68.3. The van der Waals surface area contributed by atoms with Gasteiger partial charge in [-0.25, -0.2) is 37.1 Å². The van der Waals surface area contributed by atoms with Crippen LogP contribution in [-0.2, 0) is 34.9 Å². The number of halogens is 5. The Bertz CT molecular complexity index is 3170. The van der Waals surface area contributed by atoms with E-state index in [0.717, 1.165) is 22.3 Å². The fourth-order valence-corrected chi connectivity index (χ4v) is 8.68. The number of fused-ring (bicyclic) bond motifs is 3. The van der Waals surface area contributed by atoms with Crippen molar-refractivity contribution in [1.29, 1.82) is 0 Å². The first-order valence-electron chi connectivity index (χ1n) is 23.3. The average Bonchev–Trinajstić information content (AvgIpc) is 3.77. The average molecular weight is 1030 g/mol. The number of amides is 1. The van der Waals surface area contributed by atoms with Gasteiger partial charge in [0.05, 0.1) is 22.8 Å². The number of alkyl carbamates (subject to hydrolysis) is 1. The van der Waals surface area contributed by atoms with Gasteiger partial charge in [0.15, 0.2) is 12.2 Å². The van der Waals surface area contributed by atoms with Gasteiger partial charge in [-0.05, 0) is 83.3 Å². The number of hydrogen-bond donors (Lipinski definition) is 1. The number of esters is 4. The lowest BCUT2D eigenvalue weighted by atomic mass is 9.98. The van der Waals surface area contributed by atoms with Crippen LogP contribution in [0, 0.1) is 29.1 Å². The van der Waals surface area contributed by atoms with Crippen LogP contribution in [0.4, 0.5) is 26.7 Å². The minimum Gasteiger partial charge on any atom is -0.461 e. The van der Waals surface area contributed by atoms with Crippen LogP contribution < -0.4 is 14.8 Å². The van der Waals surface area contributed by atoms with E-state index in [-0.39, 0.29) is 34.6 Å². The van der Waals surface area contributed by atoms with E-state index in [1.165, 1.54) is 67.6 Å². The molecule has 1 N–H and O–H groups in total. The summed E-state index contributed by atoms with van der Waals surface area (Å²) in [5.74, 6) is -18.5. The van der Waals surface area contributed by atoms with Crippen LogP contribution in [0.3, 0.4) is 0 Å². The second-order valence-corrected chi connectivity index (χ2v) is 17.2. The third kappa shape index (κ3) is 11.2. The van der Waals surface area contributed by atoms with Gasteiger partial charge in [0.2, 0.25) is 47.2 Å². The molecule has 6 atom stereocenters. The van der Waals surface area contributed by atoms with Crippen molar-refractivity contribution in [3.8, 4) is 22.6 Å². The largest absolute Gasteiger partial charge is 0.461 e. The van der Waals surface area contributed by atoms with Crippen LogP contribution in [-0.4, -0.2) is 73.3 Å². The summed E-state index contributed by atoms with van der Waals surface area (Å²) >= 11 is 0. The van der Waals surface area contributed by atoms with Crippen LogP contribution in [0.5, 0.6) is 11.5 Å². The van der Waals surface area contributed by atoms with Gasteiger partial charge in [0.1, 0.15) is 18.4 Å². The molecule has 0 saturated carbocycles. The fraction of sp³-hybridized carbons (Fsp3) is 0.175. The van der Waals surface area contributed by atoms with Crippen LogP contribution >= 0.6 is 0 Å². The van der Waals surface area contributed by atoms with E-state index in [9.17, 15) is 45.9 Å². The van der Waals surface area contributed by atoms with Gasteiger partial charge in [-0.1, -0.05) is 115 Å². The minimum atomic E-state index is -2.48. The van der Waals surface area contributed by atoms with Crippen LogP contribution in [0.1, 0.15) is 60.6 Å². The Morgan fingerprint density at radius 2 is 0.973 bits per heavy atom. The molecule has 382 valence electrons. The summed E-state index contributed by atoms with van der Waals surface area (Å²) in [7, 11) is 0. The molecular formula is C57H42F5NO12. The molecule has 1 aliphatic heterocycles. The van der Waals surface area contributed by atoms with E-state index in [0.29, 0.717) is 0 Å². The van der Waals surface area contributed by atoms with Crippen LogP contribution in [0.25, 0.3) is 11.1 Å². The maximum Gasteiger partial charge on any atom is 0.407 e. The zero-order valence-corrected chi connectivity index (χ0v) is 39.3. The molecule has 0 bridgehead atoms. The molecule has 9 rings (SSSR count). The van der Waals surface area contributed by atoms with E-state index in [1.54, 1.807) is 54.6 Å². The highest BCUT2D eigenvalue weighted by Gasteiger charge is 2.52. The lowest BCUT2D eigenvalue weighted by Gasteiger charge is -2.43. The molecule has 75 heavy (non-hydrogen) atoms. The number of hydrogen-bond acceptors (Lipinski definition) is 12.